The Morgan fingerprint density at radius 2 is 1.75 bits per heavy atom. The van der Waals surface area contributed by atoms with E-state index in [1.807, 2.05) is 0 Å². The van der Waals surface area contributed by atoms with Crippen LogP contribution in [0, 0.1) is 11.8 Å². The second-order valence-corrected chi connectivity index (χ2v) is 5.90. The summed E-state index contributed by atoms with van der Waals surface area (Å²) in [5.41, 5.74) is 0.291. The normalized spacial score (nSPS) is 12.4. The Labute approximate surface area is 122 Å². The summed E-state index contributed by atoms with van der Waals surface area (Å²) >= 11 is 0. The second kappa shape index (κ2) is 8.62. The number of hydrogen-bond donors (Lipinski definition) is 1. The molecule has 0 bridgehead atoms. The fraction of sp³-hybridized carbons (Fsp3) is 0.588. The van der Waals surface area contributed by atoms with Gasteiger partial charge < -0.3 is 9.84 Å². The average molecular weight is 278 g/mol. The first-order valence-corrected chi connectivity index (χ1v) is 7.45. The van der Waals surface area contributed by atoms with Gasteiger partial charge in [-0.3, -0.25) is 0 Å². The number of hydrogen-bond acceptors (Lipinski definition) is 2. The highest BCUT2D eigenvalue weighted by Gasteiger charge is 2.05. The van der Waals surface area contributed by atoms with Gasteiger partial charge in [0.1, 0.15) is 5.75 Å². The molecule has 1 aromatic carbocycles. The molecule has 0 saturated carbocycles. The van der Waals surface area contributed by atoms with Crippen molar-refractivity contribution in [1.82, 2.24) is 0 Å². The van der Waals surface area contributed by atoms with E-state index in [1.54, 1.807) is 24.3 Å². The van der Waals surface area contributed by atoms with Crippen molar-refractivity contribution in [3.8, 4) is 5.75 Å². The maximum absolute atomic E-state index is 10.7. The van der Waals surface area contributed by atoms with Crippen LogP contribution >= 0.6 is 0 Å². The molecule has 1 N–H and O–H groups in total. The molecule has 0 fully saturated rings. The third-order valence-corrected chi connectivity index (χ3v) is 3.46. The van der Waals surface area contributed by atoms with Crippen LogP contribution in [0.3, 0.4) is 0 Å². The highest BCUT2D eigenvalue weighted by molar-refractivity contribution is 5.87. The zero-order valence-electron chi connectivity index (χ0n) is 12.8. The van der Waals surface area contributed by atoms with Gasteiger partial charge in [0.15, 0.2) is 0 Å². The molecule has 0 radical (unpaired) electrons. The number of benzene rings is 1. The van der Waals surface area contributed by atoms with E-state index >= 15 is 0 Å². The molecule has 0 heterocycles. The van der Waals surface area contributed by atoms with E-state index in [-0.39, 0.29) is 0 Å². The van der Waals surface area contributed by atoms with Gasteiger partial charge in [-0.05, 0) is 42.5 Å². The minimum atomic E-state index is -0.907. The van der Waals surface area contributed by atoms with Crippen LogP contribution in [0.15, 0.2) is 24.3 Å². The van der Waals surface area contributed by atoms with Gasteiger partial charge in [0.2, 0.25) is 0 Å². The predicted octanol–water partition coefficient (Wildman–Crippen LogP) is 4.62. The molecule has 1 aromatic rings. The minimum Gasteiger partial charge on any atom is -0.494 e. The number of ether oxygens (including phenoxy) is 1. The molecular weight excluding hydrogens is 252 g/mol. The molecule has 0 aliphatic carbocycles. The highest BCUT2D eigenvalue weighted by atomic mass is 16.5. The standard InChI is InChI=1S/C17H26O3/c1-13(2)5-4-6-14(3)11-12-20-16-9-7-15(8-10-16)17(18)19/h7-10,13-14H,4-6,11-12H2,1-3H3,(H,18,19)/t14-/m1/s1. The molecule has 0 unspecified atom stereocenters. The largest absolute Gasteiger partial charge is 0.494 e. The van der Waals surface area contributed by atoms with Crippen LogP contribution in [0.5, 0.6) is 5.75 Å². The molecule has 3 nitrogen and oxygen atoms in total. The fourth-order valence-corrected chi connectivity index (χ4v) is 2.09. The van der Waals surface area contributed by atoms with Crippen LogP contribution in [0.25, 0.3) is 0 Å². The maximum Gasteiger partial charge on any atom is 0.335 e. The van der Waals surface area contributed by atoms with Gasteiger partial charge in [-0.1, -0.05) is 40.0 Å². The number of carboxylic acid groups (broad SMARTS) is 1. The van der Waals surface area contributed by atoms with Crippen molar-refractivity contribution in [3.63, 3.8) is 0 Å². The van der Waals surface area contributed by atoms with E-state index in [0.717, 1.165) is 18.1 Å². The first kappa shape index (κ1) is 16.5. The molecule has 20 heavy (non-hydrogen) atoms. The molecule has 112 valence electrons. The van der Waals surface area contributed by atoms with Crippen LogP contribution in [0.1, 0.15) is 56.8 Å². The lowest BCUT2D eigenvalue weighted by molar-refractivity contribution is 0.0697. The van der Waals surface area contributed by atoms with Gasteiger partial charge in [0.25, 0.3) is 0 Å². The SMILES string of the molecule is CC(C)CCC[C@@H](C)CCOc1ccc(C(=O)O)cc1. The number of aromatic carboxylic acids is 1. The molecule has 0 saturated heterocycles. The number of carboxylic acids is 1. The van der Waals surface area contributed by atoms with Crippen LogP contribution in [0.2, 0.25) is 0 Å². The fourth-order valence-electron chi connectivity index (χ4n) is 2.09. The van der Waals surface area contributed by atoms with Crippen molar-refractivity contribution in [3.05, 3.63) is 29.8 Å². The second-order valence-electron chi connectivity index (χ2n) is 5.90. The molecular formula is C17H26O3. The monoisotopic (exact) mass is 278 g/mol. The first-order valence-electron chi connectivity index (χ1n) is 7.45. The summed E-state index contributed by atoms with van der Waals surface area (Å²) in [6.45, 7) is 7.47. The van der Waals surface area contributed by atoms with Gasteiger partial charge in [0, 0.05) is 0 Å². The molecule has 3 heteroatoms. The summed E-state index contributed by atoms with van der Waals surface area (Å²) in [5, 5.41) is 8.81. The van der Waals surface area contributed by atoms with Gasteiger partial charge in [-0.25, -0.2) is 4.79 Å². The topological polar surface area (TPSA) is 46.5 Å². The quantitative estimate of drug-likeness (QED) is 0.717. The molecule has 1 atom stereocenters. The Morgan fingerprint density at radius 1 is 1.10 bits per heavy atom. The highest BCUT2D eigenvalue weighted by Crippen LogP contribution is 2.17. The van der Waals surface area contributed by atoms with Crippen molar-refractivity contribution in [1.29, 1.82) is 0 Å². The Hall–Kier alpha value is -1.51. The number of rotatable bonds is 9. The molecule has 0 spiro atoms. The molecule has 0 aliphatic rings. The lowest BCUT2D eigenvalue weighted by Gasteiger charge is -2.13. The van der Waals surface area contributed by atoms with Gasteiger partial charge in [0.05, 0.1) is 12.2 Å². The summed E-state index contributed by atoms with van der Waals surface area (Å²) in [7, 11) is 0. The Morgan fingerprint density at radius 3 is 2.30 bits per heavy atom. The minimum absolute atomic E-state index is 0.291. The summed E-state index contributed by atoms with van der Waals surface area (Å²) in [4.78, 5) is 10.7. The van der Waals surface area contributed by atoms with E-state index in [2.05, 4.69) is 20.8 Å². The summed E-state index contributed by atoms with van der Waals surface area (Å²) < 4.78 is 5.65. The zero-order chi connectivity index (χ0) is 15.0. The van der Waals surface area contributed by atoms with Crippen LogP contribution in [-0.2, 0) is 0 Å². The third kappa shape index (κ3) is 6.60. The van der Waals surface area contributed by atoms with Crippen molar-refractivity contribution in [2.45, 2.75) is 46.5 Å². The maximum atomic E-state index is 10.7. The Bertz CT molecular complexity index is 395. The summed E-state index contributed by atoms with van der Waals surface area (Å²) in [6.07, 6.45) is 4.87. The van der Waals surface area contributed by atoms with Gasteiger partial charge in [-0.15, -0.1) is 0 Å². The smallest absolute Gasteiger partial charge is 0.335 e. The van der Waals surface area contributed by atoms with E-state index in [1.165, 1.54) is 19.3 Å². The van der Waals surface area contributed by atoms with Gasteiger partial charge in [-0.2, -0.15) is 0 Å². The van der Waals surface area contributed by atoms with Crippen LogP contribution in [0.4, 0.5) is 0 Å². The molecule has 0 amide bonds. The molecule has 0 aliphatic heterocycles. The summed E-state index contributed by atoms with van der Waals surface area (Å²) in [5.74, 6) is 1.29. The Balaban J connectivity index is 2.21. The summed E-state index contributed by atoms with van der Waals surface area (Å²) in [6, 6.07) is 6.58. The van der Waals surface area contributed by atoms with E-state index < -0.39 is 5.97 Å². The average Bonchev–Trinajstić information content (AvgIpc) is 2.39. The van der Waals surface area contributed by atoms with Crippen molar-refractivity contribution < 1.29 is 14.6 Å². The Kier molecular flexibility index (Phi) is 7.13. The van der Waals surface area contributed by atoms with Crippen molar-refractivity contribution >= 4 is 5.97 Å². The van der Waals surface area contributed by atoms with E-state index in [4.69, 9.17) is 9.84 Å². The lowest BCUT2D eigenvalue weighted by atomic mass is 9.98. The van der Waals surface area contributed by atoms with Crippen molar-refractivity contribution in [2.24, 2.45) is 11.8 Å². The predicted molar refractivity (Wildman–Crippen MR) is 81.4 cm³/mol. The number of carbonyl (C=O) groups is 1. The lowest BCUT2D eigenvalue weighted by Crippen LogP contribution is -2.05. The zero-order valence-corrected chi connectivity index (χ0v) is 12.8. The van der Waals surface area contributed by atoms with Crippen molar-refractivity contribution in [2.75, 3.05) is 6.61 Å². The van der Waals surface area contributed by atoms with E-state index in [9.17, 15) is 4.79 Å². The first-order chi connectivity index (χ1) is 9.49. The van der Waals surface area contributed by atoms with E-state index in [0.29, 0.717) is 18.1 Å². The van der Waals surface area contributed by atoms with Gasteiger partial charge >= 0.3 is 5.97 Å². The van der Waals surface area contributed by atoms with Crippen LogP contribution < -0.4 is 4.74 Å². The van der Waals surface area contributed by atoms with Crippen LogP contribution in [-0.4, -0.2) is 17.7 Å². The third-order valence-electron chi connectivity index (χ3n) is 3.46. The molecule has 0 aromatic heterocycles. The molecule has 1 rings (SSSR count).